The standard InChI is InChI=1S/C21H21FN2O4/c1-12(2)11-24-18(10-23-21(27)28)19(15-5-3-4-6-17(15)22)16-9-13(25)7-8-14(16)20(24)26/h3-9,12,23,25H,10-11H2,1-2H3,(H,27,28). The van der Waals surface area contributed by atoms with Crippen LogP contribution in [0.1, 0.15) is 19.5 Å². The molecule has 0 radical (unpaired) electrons. The number of hydrogen-bond donors (Lipinski definition) is 3. The fraction of sp³-hybridized carbons (Fsp3) is 0.238. The number of nitrogens with one attached hydrogen (secondary N) is 1. The minimum absolute atomic E-state index is 0.0664. The van der Waals surface area contributed by atoms with Gasteiger partial charge in [-0.1, -0.05) is 32.0 Å². The third kappa shape index (κ3) is 3.69. The Hall–Kier alpha value is -3.35. The van der Waals surface area contributed by atoms with Crippen molar-refractivity contribution in [2.45, 2.75) is 26.9 Å². The smallest absolute Gasteiger partial charge is 0.404 e. The number of phenols is 1. The zero-order chi connectivity index (χ0) is 20.4. The van der Waals surface area contributed by atoms with Crippen LogP contribution in [0.25, 0.3) is 21.9 Å². The van der Waals surface area contributed by atoms with E-state index in [0.29, 0.717) is 28.6 Å². The van der Waals surface area contributed by atoms with Gasteiger partial charge in [0.25, 0.3) is 5.56 Å². The van der Waals surface area contributed by atoms with Crippen LogP contribution >= 0.6 is 0 Å². The van der Waals surface area contributed by atoms with Crippen molar-refractivity contribution >= 4 is 16.9 Å². The summed E-state index contributed by atoms with van der Waals surface area (Å²) in [4.78, 5) is 24.2. The van der Waals surface area contributed by atoms with Gasteiger partial charge in [-0.25, -0.2) is 9.18 Å². The summed E-state index contributed by atoms with van der Waals surface area (Å²) in [7, 11) is 0. The van der Waals surface area contributed by atoms with E-state index in [2.05, 4.69) is 5.32 Å². The highest BCUT2D eigenvalue weighted by molar-refractivity contribution is 5.98. The monoisotopic (exact) mass is 384 g/mol. The summed E-state index contributed by atoms with van der Waals surface area (Å²) >= 11 is 0. The normalized spacial score (nSPS) is 11.1. The summed E-state index contributed by atoms with van der Waals surface area (Å²) in [5, 5.41) is 22.0. The molecule has 2 aromatic carbocycles. The average Bonchev–Trinajstić information content (AvgIpc) is 2.63. The topological polar surface area (TPSA) is 91.6 Å². The predicted octanol–water partition coefficient (Wildman–Crippen LogP) is 3.94. The van der Waals surface area contributed by atoms with Crippen molar-refractivity contribution in [1.29, 1.82) is 0 Å². The van der Waals surface area contributed by atoms with E-state index in [4.69, 9.17) is 5.11 Å². The number of fused-ring (bicyclic) bond motifs is 1. The SMILES string of the molecule is CC(C)Cn1c(CNC(=O)O)c(-c2ccccc2F)c2cc(O)ccc2c1=O. The second-order valence-electron chi connectivity index (χ2n) is 7.00. The van der Waals surface area contributed by atoms with Crippen molar-refractivity contribution in [3.8, 4) is 16.9 Å². The summed E-state index contributed by atoms with van der Waals surface area (Å²) in [6.07, 6.45) is -1.25. The highest BCUT2D eigenvalue weighted by atomic mass is 19.1. The predicted molar refractivity (Wildman–Crippen MR) is 105 cm³/mol. The quantitative estimate of drug-likeness (QED) is 0.621. The zero-order valence-electron chi connectivity index (χ0n) is 15.6. The van der Waals surface area contributed by atoms with E-state index in [-0.39, 0.29) is 29.3 Å². The van der Waals surface area contributed by atoms with Crippen molar-refractivity contribution < 1.29 is 19.4 Å². The van der Waals surface area contributed by atoms with Gasteiger partial charge in [-0.3, -0.25) is 4.79 Å². The van der Waals surface area contributed by atoms with E-state index in [9.17, 15) is 19.1 Å². The van der Waals surface area contributed by atoms with Gasteiger partial charge in [0.2, 0.25) is 0 Å². The van der Waals surface area contributed by atoms with Gasteiger partial charge in [-0.15, -0.1) is 0 Å². The molecule has 7 heteroatoms. The van der Waals surface area contributed by atoms with Gasteiger partial charge in [0.05, 0.1) is 6.54 Å². The van der Waals surface area contributed by atoms with Crippen molar-refractivity contribution in [3.63, 3.8) is 0 Å². The molecule has 1 aromatic heterocycles. The first kappa shape index (κ1) is 19.4. The van der Waals surface area contributed by atoms with Gasteiger partial charge in [0.1, 0.15) is 11.6 Å². The number of rotatable bonds is 5. The van der Waals surface area contributed by atoms with E-state index in [1.807, 2.05) is 13.8 Å². The maximum atomic E-state index is 14.7. The number of halogens is 1. The molecular weight excluding hydrogens is 363 g/mol. The van der Waals surface area contributed by atoms with Crippen LogP contribution in [-0.2, 0) is 13.1 Å². The van der Waals surface area contributed by atoms with E-state index in [1.54, 1.807) is 18.2 Å². The lowest BCUT2D eigenvalue weighted by Crippen LogP contribution is -2.31. The van der Waals surface area contributed by atoms with E-state index < -0.39 is 11.9 Å². The minimum atomic E-state index is -1.25. The first-order valence-electron chi connectivity index (χ1n) is 8.89. The number of benzene rings is 2. The first-order valence-corrected chi connectivity index (χ1v) is 8.89. The lowest BCUT2D eigenvalue weighted by molar-refractivity contribution is 0.193. The minimum Gasteiger partial charge on any atom is -0.508 e. The van der Waals surface area contributed by atoms with Crippen molar-refractivity contribution in [3.05, 3.63) is 64.3 Å². The molecule has 0 bridgehead atoms. The zero-order valence-corrected chi connectivity index (χ0v) is 15.6. The van der Waals surface area contributed by atoms with Crippen LogP contribution < -0.4 is 10.9 Å². The van der Waals surface area contributed by atoms with E-state index >= 15 is 0 Å². The maximum Gasteiger partial charge on any atom is 0.404 e. The lowest BCUT2D eigenvalue weighted by Gasteiger charge is -2.21. The maximum absolute atomic E-state index is 14.7. The summed E-state index contributed by atoms with van der Waals surface area (Å²) in [5.74, 6) is -0.467. The molecule has 3 N–H and O–H groups in total. The average molecular weight is 384 g/mol. The Kier molecular flexibility index (Phi) is 5.35. The molecule has 3 rings (SSSR count). The first-order chi connectivity index (χ1) is 13.3. The fourth-order valence-corrected chi connectivity index (χ4v) is 3.35. The second kappa shape index (κ2) is 7.72. The molecule has 3 aromatic rings. The molecule has 146 valence electrons. The van der Waals surface area contributed by atoms with E-state index in [0.717, 1.165) is 0 Å². The molecule has 0 aliphatic carbocycles. The third-order valence-electron chi connectivity index (χ3n) is 4.46. The van der Waals surface area contributed by atoms with Crippen LogP contribution in [0.3, 0.4) is 0 Å². The molecule has 6 nitrogen and oxygen atoms in total. The molecule has 28 heavy (non-hydrogen) atoms. The Morgan fingerprint density at radius 3 is 2.54 bits per heavy atom. The van der Waals surface area contributed by atoms with Crippen molar-refractivity contribution in [2.75, 3.05) is 0 Å². The molecule has 0 atom stereocenters. The number of carboxylic acid groups (broad SMARTS) is 1. The Balaban J connectivity index is 2.47. The third-order valence-corrected chi connectivity index (χ3v) is 4.46. The van der Waals surface area contributed by atoms with Gasteiger partial charge in [0.15, 0.2) is 0 Å². The molecule has 0 spiro atoms. The summed E-state index contributed by atoms with van der Waals surface area (Å²) < 4.78 is 16.2. The van der Waals surface area contributed by atoms with Crippen LogP contribution in [0.15, 0.2) is 47.3 Å². The summed E-state index contributed by atoms with van der Waals surface area (Å²) in [6, 6.07) is 10.4. The molecule has 1 amide bonds. The van der Waals surface area contributed by atoms with Gasteiger partial charge in [-0.2, -0.15) is 0 Å². The van der Waals surface area contributed by atoms with E-state index in [1.165, 1.54) is 28.8 Å². The number of carbonyl (C=O) groups is 1. The number of pyridine rings is 1. The molecule has 0 saturated carbocycles. The Bertz CT molecular complexity index is 1110. The molecular formula is C21H21FN2O4. The summed E-state index contributed by atoms with van der Waals surface area (Å²) in [5.41, 5.74) is 0.658. The Labute approximate surface area is 160 Å². The van der Waals surface area contributed by atoms with Crippen LogP contribution in [-0.4, -0.2) is 20.9 Å². The number of aromatic nitrogens is 1. The van der Waals surface area contributed by atoms with Gasteiger partial charge in [0, 0.05) is 34.1 Å². The highest BCUT2D eigenvalue weighted by Crippen LogP contribution is 2.34. The number of phenolic OH excluding ortho intramolecular Hbond substituents is 1. The molecule has 0 aliphatic rings. The van der Waals surface area contributed by atoms with Crippen LogP contribution in [0.4, 0.5) is 9.18 Å². The van der Waals surface area contributed by atoms with Crippen LogP contribution in [0, 0.1) is 11.7 Å². The van der Waals surface area contributed by atoms with Crippen molar-refractivity contribution in [2.24, 2.45) is 5.92 Å². The molecule has 0 saturated heterocycles. The van der Waals surface area contributed by atoms with Gasteiger partial charge in [-0.05, 0) is 30.2 Å². The largest absolute Gasteiger partial charge is 0.508 e. The molecule has 0 fully saturated rings. The Morgan fingerprint density at radius 2 is 1.89 bits per heavy atom. The number of hydrogen-bond acceptors (Lipinski definition) is 3. The van der Waals surface area contributed by atoms with Crippen molar-refractivity contribution in [1.82, 2.24) is 9.88 Å². The number of aromatic hydroxyl groups is 1. The molecule has 0 unspecified atom stereocenters. The highest BCUT2D eigenvalue weighted by Gasteiger charge is 2.21. The molecule has 1 heterocycles. The second-order valence-corrected chi connectivity index (χ2v) is 7.00. The number of nitrogens with zero attached hydrogens (tertiary/aromatic N) is 1. The van der Waals surface area contributed by atoms with Gasteiger partial charge < -0.3 is 20.1 Å². The summed E-state index contributed by atoms with van der Waals surface area (Å²) in [6.45, 7) is 4.04. The lowest BCUT2D eigenvalue weighted by atomic mass is 9.95. The Morgan fingerprint density at radius 1 is 1.18 bits per heavy atom. The van der Waals surface area contributed by atoms with Crippen LogP contribution in [0.5, 0.6) is 5.75 Å². The number of amides is 1. The van der Waals surface area contributed by atoms with Gasteiger partial charge >= 0.3 is 6.09 Å². The fourth-order valence-electron chi connectivity index (χ4n) is 3.35. The molecule has 0 aliphatic heterocycles. The van der Waals surface area contributed by atoms with Crippen LogP contribution in [0.2, 0.25) is 0 Å².